The Kier molecular flexibility index (Phi) is 4.70. The molecule has 0 aliphatic rings. The zero-order chi connectivity index (χ0) is 13.2. The van der Waals surface area contributed by atoms with Crippen molar-refractivity contribution in [1.29, 1.82) is 0 Å². The van der Waals surface area contributed by atoms with Crippen molar-refractivity contribution in [1.82, 2.24) is 4.98 Å². The van der Waals surface area contributed by atoms with Gasteiger partial charge in [0.25, 0.3) is 6.43 Å². The molecule has 9 heteroatoms. The molecular formula is C8H4Br2F5NO. The molecule has 96 valence electrons. The van der Waals surface area contributed by atoms with Crippen LogP contribution in [-0.2, 0) is 5.33 Å². The molecule has 0 fully saturated rings. The maximum atomic E-state index is 12.6. The van der Waals surface area contributed by atoms with Gasteiger partial charge in [0.1, 0.15) is 5.69 Å². The highest BCUT2D eigenvalue weighted by Crippen LogP contribution is 2.38. The lowest BCUT2D eigenvalue weighted by atomic mass is 10.3. The first-order chi connectivity index (χ1) is 7.74. The minimum absolute atomic E-state index is 0.137. The monoisotopic (exact) mass is 383 g/mol. The van der Waals surface area contributed by atoms with Gasteiger partial charge < -0.3 is 4.74 Å². The third-order valence-corrected chi connectivity index (χ3v) is 2.73. The van der Waals surface area contributed by atoms with Crippen LogP contribution in [0.25, 0.3) is 0 Å². The molecule has 0 saturated carbocycles. The van der Waals surface area contributed by atoms with Crippen LogP contribution in [0, 0.1) is 0 Å². The first kappa shape index (κ1) is 14.6. The van der Waals surface area contributed by atoms with E-state index in [9.17, 15) is 22.0 Å². The van der Waals surface area contributed by atoms with E-state index < -0.39 is 24.2 Å². The van der Waals surface area contributed by atoms with Gasteiger partial charge in [-0.2, -0.15) is 0 Å². The summed E-state index contributed by atoms with van der Waals surface area (Å²) < 4.78 is 64.5. The Morgan fingerprint density at radius 1 is 1.35 bits per heavy atom. The van der Waals surface area contributed by atoms with Crippen molar-refractivity contribution in [3.63, 3.8) is 0 Å². The first-order valence-corrected chi connectivity index (χ1v) is 5.95. The third kappa shape index (κ3) is 4.06. The molecule has 1 rings (SSSR count). The molecular weight excluding hydrogens is 381 g/mol. The van der Waals surface area contributed by atoms with Gasteiger partial charge in [-0.15, -0.1) is 13.2 Å². The molecule has 1 heterocycles. The molecule has 0 aliphatic heterocycles. The maximum Gasteiger partial charge on any atom is 0.573 e. The van der Waals surface area contributed by atoms with Crippen molar-refractivity contribution in [3.05, 3.63) is 21.9 Å². The molecule has 0 spiro atoms. The van der Waals surface area contributed by atoms with Gasteiger partial charge in [0, 0.05) is 5.33 Å². The van der Waals surface area contributed by atoms with Crippen molar-refractivity contribution in [2.45, 2.75) is 18.1 Å². The van der Waals surface area contributed by atoms with Gasteiger partial charge in [-0.25, -0.2) is 13.8 Å². The summed E-state index contributed by atoms with van der Waals surface area (Å²) >= 11 is 5.71. The molecule has 0 atom stereocenters. The van der Waals surface area contributed by atoms with Gasteiger partial charge in [-0.05, 0) is 22.0 Å². The second kappa shape index (κ2) is 5.47. The predicted octanol–water partition coefficient (Wildman–Crippen LogP) is 4.58. The summed E-state index contributed by atoms with van der Waals surface area (Å²) in [5.74, 6) is -1.02. The highest BCUT2D eigenvalue weighted by Gasteiger charge is 2.35. The van der Waals surface area contributed by atoms with E-state index in [1.165, 1.54) is 6.07 Å². The van der Waals surface area contributed by atoms with Crippen LogP contribution in [0.15, 0.2) is 10.5 Å². The van der Waals surface area contributed by atoms with Crippen LogP contribution < -0.4 is 4.74 Å². The second-order valence-corrected chi connectivity index (χ2v) is 4.21. The van der Waals surface area contributed by atoms with Gasteiger partial charge >= 0.3 is 6.36 Å². The molecule has 0 saturated heterocycles. The summed E-state index contributed by atoms with van der Waals surface area (Å²) in [6.07, 6.45) is -8.22. The van der Waals surface area contributed by atoms with Crippen LogP contribution in [0.3, 0.4) is 0 Å². The number of ether oxygens (including phenoxy) is 1. The van der Waals surface area contributed by atoms with E-state index in [1.54, 1.807) is 0 Å². The Morgan fingerprint density at radius 3 is 2.35 bits per heavy atom. The third-order valence-electron chi connectivity index (χ3n) is 1.57. The number of alkyl halides is 6. The highest BCUT2D eigenvalue weighted by molar-refractivity contribution is 9.10. The Bertz CT molecular complexity index is 410. The molecule has 2 nitrogen and oxygen atoms in total. The number of nitrogens with zero attached hydrogens (tertiary/aromatic N) is 1. The summed E-state index contributed by atoms with van der Waals surface area (Å²) in [4.78, 5) is 3.38. The van der Waals surface area contributed by atoms with Crippen molar-refractivity contribution in [2.75, 3.05) is 0 Å². The Labute approximate surface area is 109 Å². The SMILES string of the molecule is FC(F)c1nc(CBr)cc(Br)c1OC(F)(F)F. The van der Waals surface area contributed by atoms with E-state index >= 15 is 0 Å². The molecule has 0 aromatic carbocycles. The molecule has 1 aromatic heterocycles. The van der Waals surface area contributed by atoms with E-state index in [0.717, 1.165) is 0 Å². The predicted molar refractivity (Wildman–Crippen MR) is 56.2 cm³/mol. The summed E-state index contributed by atoms with van der Waals surface area (Å²) in [5, 5.41) is 0.137. The lowest BCUT2D eigenvalue weighted by molar-refractivity contribution is -0.275. The van der Waals surface area contributed by atoms with Gasteiger partial charge in [-0.3, -0.25) is 0 Å². The van der Waals surface area contributed by atoms with Gasteiger partial charge in [0.05, 0.1) is 10.2 Å². The molecule has 0 unspecified atom stereocenters. The van der Waals surface area contributed by atoms with E-state index in [-0.39, 0.29) is 15.5 Å². The van der Waals surface area contributed by atoms with Crippen LogP contribution in [0.4, 0.5) is 22.0 Å². The number of pyridine rings is 1. The standard InChI is InChI=1S/C8H4Br2F5NO/c9-2-3-1-4(10)6(17-8(13,14)15)5(16-3)7(11)12/h1,7H,2H2. The number of hydrogen-bond acceptors (Lipinski definition) is 2. The fourth-order valence-electron chi connectivity index (χ4n) is 1.01. The molecule has 0 amide bonds. The fraction of sp³-hybridized carbons (Fsp3) is 0.375. The largest absolute Gasteiger partial charge is 0.573 e. The normalized spacial score (nSPS) is 12.0. The van der Waals surface area contributed by atoms with Crippen LogP contribution in [-0.4, -0.2) is 11.3 Å². The van der Waals surface area contributed by atoms with E-state index in [4.69, 9.17) is 0 Å². The highest BCUT2D eigenvalue weighted by atomic mass is 79.9. The van der Waals surface area contributed by atoms with Crippen molar-refractivity contribution >= 4 is 31.9 Å². The fourth-order valence-corrected chi connectivity index (χ4v) is 1.84. The minimum Gasteiger partial charge on any atom is -0.402 e. The molecule has 17 heavy (non-hydrogen) atoms. The zero-order valence-electron chi connectivity index (χ0n) is 7.86. The van der Waals surface area contributed by atoms with Crippen molar-refractivity contribution in [3.8, 4) is 5.75 Å². The quantitative estimate of drug-likeness (QED) is 0.562. The number of rotatable bonds is 3. The number of halogens is 7. The average Bonchev–Trinajstić information content (AvgIpc) is 2.18. The van der Waals surface area contributed by atoms with Crippen LogP contribution in [0.5, 0.6) is 5.75 Å². The summed E-state index contributed by atoms with van der Waals surface area (Å²) in [6.45, 7) is 0. The Hall–Kier alpha value is -0.440. The van der Waals surface area contributed by atoms with Crippen molar-refractivity contribution < 1.29 is 26.7 Å². The summed E-state index contributed by atoms with van der Waals surface area (Å²) in [6, 6.07) is 1.17. The van der Waals surface area contributed by atoms with E-state index in [0.29, 0.717) is 0 Å². The Balaban J connectivity index is 3.27. The number of hydrogen-bond donors (Lipinski definition) is 0. The van der Waals surface area contributed by atoms with Crippen LogP contribution in [0.1, 0.15) is 17.8 Å². The van der Waals surface area contributed by atoms with Gasteiger partial charge in [-0.1, -0.05) is 15.9 Å². The van der Waals surface area contributed by atoms with Crippen LogP contribution >= 0.6 is 31.9 Å². The van der Waals surface area contributed by atoms with Crippen LogP contribution in [0.2, 0.25) is 0 Å². The van der Waals surface area contributed by atoms with E-state index in [1.807, 2.05) is 0 Å². The average molecular weight is 385 g/mol. The first-order valence-electron chi connectivity index (χ1n) is 4.03. The second-order valence-electron chi connectivity index (χ2n) is 2.79. The molecule has 0 N–H and O–H groups in total. The number of aromatic nitrogens is 1. The lowest BCUT2D eigenvalue weighted by Crippen LogP contribution is -2.19. The molecule has 0 radical (unpaired) electrons. The summed E-state index contributed by atoms with van der Waals surface area (Å²) in [5.41, 5.74) is -0.882. The van der Waals surface area contributed by atoms with Gasteiger partial charge in [0.2, 0.25) is 0 Å². The topological polar surface area (TPSA) is 22.1 Å². The zero-order valence-corrected chi connectivity index (χ0v) is 11.0. The molecule has 0 bridgehead atoms. The minimum atomic E-state index is -5.05. The maximum absolute atomic E-state index is 12.6. The Morgan fingerprint density at radius 2 is 1.94 bits per heavy atom. The molecule has 0 aliphatic carbocycles. The lowest BCUT2D eigenvalue weighted by Gasteiger charge is -2.14. The molecule has 1 aromatic rings. The van der Waals surface area contributed by atoms with Crippen molar-refractivity contribution in [2.24, 2.45) is 0 Å². The smallest absolute Gasteiger partial charge is 0.402 e. The van der Waals surface area contributed by atoms with Gasteiger partial charge in [0.15, 0.2) is 5.75 Å². The van der Waals surface area contributed by atoms with E-state index in [2.05, 4.69) is 41.6 Å². The summed E-state index contributed by atoms with van der Waals surface area (Å²) in [7, 11) is 0.